The average molecular weight is 410 g/mol. The third kappa shape index (κ3) is 4.46. The SMILES string of the molecule is COc1ccc(CC(=O)NC2CCCc3c2cnn3Cc2ccccc2Cl)cc1. The third-order valence-corrected chi connectivity index (χ3v) is 5.77. The average Bonchev–Trinajstić information content (AvgIpc) is 3.14. The lowest BCUT2D eigenvalue weighted by Crippen LogP contribution is -2.32. The van der Waals surface area contributed by atoms with Gasteiger partial charge in [0.2, 0.25) is 5.91 Å². The molecule has 1 aromatic heterocycles. The highest BCUT2D eigenvalue weighted by atomic mass is 35.5. The molecule has 1 unspecified atom stereocenters. The van der Waals surface area contributed by atoms with Gasteiger partial charge in [0.1, 0.15) is 5.75 Å². The Morgan fingerprint density at radius 3 is 2.79 bits per heavy atom. The van der Waals surface area contributed by atoms with Crippen LogP contribution < -0.4 is 10.1 Å². The first-order valence-electron chi connectivity index (χ1n) is 9.84. The molecule has 0 saturated carbocycles. The minimum Gasteiger partial charge on any atom is -0.497 e. The van der Waals surface area contributed by atoms with Gasteiger partial charge in [-0.25, -0.2) is 0 Å². The van der Waals surface area contributed by atoms with Crippen molar-refractivity contribution in [3.63, 3.8) is 0 Å². The summed E-state index contributed by atoms with van der Waals surface area (Å²) in [6.07, 6.45) is 5.16. The number of benzene rings is 2. The maximum absolute atomic E-state index is 12.6. The molecule has 29 heavy (non-hydrogen) atoms. The summed E-state index contributed by atoms with van der Waals surface area (Å²) in [5.41, 5.74) is 4.32. The zero-order valence-corrected chi connectivity index (χ0v) is 17.2. The van der Waals surface area contributed by atoms with Gasteiger partial charge in [0.25, 0.3) is 0 Å². The number of ether oxygens (including phenoxy) is 1. The predicted molar refractivity (Wildman–Crippen MR) is 113 cm³/mol. The molecule has 0 spiro atoms. The predicted octanol–water partition coefficient (Wildman–Crippen LogP) is 4.33. The molecule has 0 aliphatic heterocycles. The van der Waals surface area contributed by atoms with Crippen LogP contribution in [0.3, 0.4) is 0 Å². The number of hydrogen-bond donors (Lipinski definition) is 1. The van der Waals surface area contributed by atoms with Crippen molar-refractivity contribution in [1.82, 2.24) is 15.1 Å². The topological polar surface area (TPSA) is 56.1 Å². The fourth-order valence-electron chi connectivity index (χ4n) is 3.87. The van der Waals surface area contributed by atoms with E-state index in [0.29, 0.717) is 13.0 Å². The second kappa shape index (κ2) is 8.70. The highest BCUT2D eigenvalue weighted by Crippen LogP contribution is 2.30. The Morgan fingerprint density at radius 2 is 2.03 bits per heavy atom. The van der Waals surface area contributed by atoms with Crippen molar-refractivity contribution >= 4 is 17.5 Å². The van der Waals surface area contributed by atoms with Crippen LogP contribution in [0, 0.1) is 0 Å². The van der Waals surface area contributed by atoms with Crippen molar-refractivity contribution in [2.75, 3.05) is 7.11 Å². The van der Waals surface area contributed by atoms with Crippen LogP contribution in [0.4, 0.5) is 0 Å². The largest absolute Gasteiger partial charge is 0.497 e. The van der Waals surface area contributed by atoms with Crippen LogP contribution in [0.5, 0.6) is 5.75 Å². The summed E-state index contributed by atoms with van der Waals surface area (Å²) in [6.45, 7) is 0.640. The Morgan fingerprint density at radius 1 is 1.24 bits per heavy atom. The molecule has 2 aromatic carbocycles. The third-order valence-electron chi connectivity index (χ3n) is 5.40. The second-order valence-corrected chi connectivity index (χ2v) is 7.74. The molecule has 1 heterocycles. The van der Waals surface area contributed by atoms with Crippen LogP contribution in [0.1, 0.15) is 41.3 Å². The molecule has 1 N–H and O–H groups in total. The monoisotopic (exact) mass is 409 g/mol. The van der Waals surface area contributed by atoms with E-state index in [4.69, 9.17) is 16.3 Å². The zero-order chi connectivity index (χ0) is 20.2. The molecular weight excluding hydrogens is 386 g/mol. The Kier molecular flexibility index (Phi) is 5.86. The normalized spacial score (nSPS) is 15.6. The van der Waals surface area contributed by atoms with E-state index in [1.54, 1.807) is 7.11 Å². The fraction of sp³-hybridized carbons (Fsp3) is 0.304. The van der Waals surface area contributed by atoms with Gasteiger partial charge in [0.15, 0.2) is 0 Å². The molecule has 1 aliphatic carbocycles. The first kappa shape index (κ1) is 19.5. The highest BCUT2D eigenvalue weighted by Gasteiger charge is 2.25. The summed E-state index contributed by atoms with van der Waals surface area (Å²) in [5, 5.41) is 8.53. The molecule has 3 aromatic rings. The van der Waals surface area contributed by atoms with Crippen LogP contribution >= 0.6 is 11.6 Å². The lowest BCUT2D eigenvalue weighted by molar-refractivity contribution is -0.121. The molecule has 5 nitrogen and oxygen atoms in total. The summed E-state index contributed by atoms with van der Waals surface area (Å²) >= 11 is 6.31. The molecule has 6 heteroatoms. The minimum atomic E-state index is 0.00416. The molecule has 0 radical (unpaired) electrons. The summed E-state index contributed by atoms with van der Waals surface area (Å²) in [4.78, 5) is 12.6. The van der Waals surface area contributed by atoms with Gasteiger partial charge in [-0.05, 0) is 48.6 Å². The van der Waals surface area contributed by atoms with Crippen LogP contribution in [-0.4, -0.2) is 22.8 Å². The molecule has 0 bridgehead atoms. The van der Waals surface area contributed by atoms with Gasteiger partial charge in [-0.1, -0.05) is 41.9 Å². The zero-order valence-electron chi connectivity index (χ0n) is 16.4. The summed E-state index contributed by atoms with van der Waals surface area (Å²) in [5.74, 6) is 0.809. The van der Waals surface area contributed by atoms with Crippen molar-refractivity contribution in [2.45, 2.75) is 38.3 Å². The van der Waals surface area contributed by atoms with Crippen LogP contribution in [0.2, 0.25) is 5.02 Å². The Balaban J connectivity index is 1.45. The van der Waals surface area contributed by atoms with Gasteiger partial charge < -0.3 is 10.1 Å². The van der Waals surface area contributed by atoms with E-state index in [9.17, 15) is 4.79 Å². The molecule has 0 fully saturated rings. The number of halogens is 1. The molecule has 4 rings (SSSR count). The van der Waals surface area contributed by atoms with E-state index in [-0.39, 0.29) is 11.9 Å². The number of amides is 1. The van der Waals surface area contributed by atoms with Gasteiger partial charge in [0, 0.05) is 16.3 Å². The summed E-state index contributed by atoms with van der Waals surface area (Å²) in [6, 6.07) is 15.4. The number of methoxy groups -OCH3 is 1. The number of fused-ring (bicyclic) bond motifs is 1. The second-order valence-electron chi connectivity index (χ2n) is 7.33. The number of rotatable bonds is 6. The minimum absolute atomic E-state index is 0.00416. The van der Waals surface area contributed by atoms with Gasteiger partial charge in [-0.3, -0.25) is 9.48 Å². The maximum Gasteiger partial charge on any atom is 0.224 e. The standard InChI is InChI=1S/C23H24ClN3O2/c1-29-18-11-9-16(10-12-18)13-23(28)26-21-7-4-8-22-19(21)14-25-27(22)15-17-5-2-3-6-20(17)24/h2-3,5-6,9-12,14,21H,4,7-8,13,15H2,1H3,(H,26,28). The first-order chi connectivity index (χ1) is 14.1. The molecule has 1 amide bonds. The van der Waals surface area contributed by atoms with E-state index in [2.05, 4.69) is 10.4 Å². The van der Waals surface area contributed by atoms with E-state index in [1.807, 2.05) is 59.4 Å². The Hall–Kier alpha value is -2.79. The number of nitrogens with zero attached hydrogens (tertiary/aromatic N) is 2. The van der Waals surface area contributed by atoms with Crippen molar-refractivity contribution in [2.24, 2.45) is 0 Å². The quantitative estimate of drug-likeness (QED) is 0.659. The smallest absolute Gasteiger partial charge is 0.224 e. The fourth-order valence-corrected chi connectivity index (χ4v) is 4.06. The Labute approximate surface area is 175 Å². The number of carbonyl (C=O) groups is 1. The van der Waals surface area contributed by atoms with Crippen molar-refractivity contribution in [1.29, 1.82) is 0 Å². The van der Waals surface area contributed by atoms with Gasteiger partial charge in [0.05, 0.1) is 32.3 Å². The number of hydrogen-bond acceptors (Lipinski definition) is 3. The highest BCUT2D eigenvalue weighted by molar-refractivity contribution is 6.31. The summed E-state index contributed by atoms with van der Waals surface area (Å²) < 4.78 is 7.18. The van der Waals surface area contributed by atoms with E-state index < -0.39 is 0 Å². The van der Waals surface area contributed by atoms with Crippen LogP contribution in [-0.2, 0) is 24.2 Å². The lowest BCUT2D eigenvalue weighted by atomic mass is 9.92. The molecule has 150 valence electrons. The van der Waals surface area contributed by atoms with E-state index >= 15 is 0 Å². The summed E-state index contributed by atoms with van der Waals surface area (Å²) in [7, 11) is 1.63. The van der Waals surface area contributed by atoms with Crippen molar-refractivity contribution < 1.29 is 9.53 Å². The number of aromatic nitrogens is 2. The van der Waals surface area contributed by atoms with Gasteiger partial charge >= 0.3 is 0 Å². The van der Waals surface area contributed by atoms with Crippen LogP contribution in [0.15, 0.2) is 54.7 Å². The van der Waals surface area contributed by atoms with Crippen LogP contribution in [0.25, 0.3) is 0 Å². The molecule has 1 atom stereocenters. The van der Waals surface area contributed by atoms with Gasteiger partial charge in [-0.2, -0.15) is 5.10 Å². The molecule has 0 saturated heterocycles. The van der Waals surface area contributed by atoms with Crippen molar-refractivity contribution in [3.05, 3.63) is 82.1 Å². The number of carbonyl (C=O) groups excluding carboxylic acids is 1. The Bertz CT molecular complexity index is 998. The maximum atomic E-state index is 12.6. The number of nitrogens with one attached hydrogen (secondary N) is 1. The first-order valence-corrected chi connectivity index (χ1v) is 10.2. The molecule has 1 aliphatic rings. The lowest BCUT2D eigenvalue weighted by Gasteiger charge is -2.24. The van der Waals surface area contributed by atoms with Crippen molar-refractivity contribution in [3.8, 4) is 5.75 Å². The van der Waals surface area contributed by atoms with Gasteiger partial charge in [-0.15, -0.1) is 0 Å². The molecular formula is C23H24ClN3O2. The van der Waals surface area contributed by atoms with E-state index in [0.717, 1.165) is 46.7 Å². The van der Waals surface area contributed by atoms with E-state index in [1.165, 1.54) is 5.69 Å².